The number of nitrogens with zero attached hydrogens (tertiary/aromatic N) is 1. The van der Waals surface area contributed by atoms with E-state index in [4.69, 9.17) is 0 Å². The van der Waals surface area contributed by atoms with Gasteiger partial charge in [0.15, 0.2) is 46.0 Å². The van der Waals surface area contributed by atoms with Crippen LogP contribution in [0.1, 0.15) is 0 Å². The molecule has 0 unspecified atom stereocenters. The SMILES string of the molecule is Oc1c(O)c(N(c2ccc(-c3ccccc3-c3ccccc3)cc2)c2c(O)c(O)c(-c3ccccc3)c(O)c2O)c(O)c(O)c1-c1ccccc1. The molecular weight excluding hydrogens is 646 g/mol. The van der Waals surface area contributed by atoms with E-state index in [1.165, 1.54) is 0 Å². The van der Waals surface area contributed by atoms with Crippen molar-refractivity contribution in [3.8, 4) is 90.5 Å². The highest BCUT2D eigenvalue weighted by Gasteiger charge is 2.35. The van der Waals surface area contributed by atoms with Crippen LogP contribution in [0.4, 0.5) is 17.1 Å². The van der Waals surface area contributed by atoms with Gasteiger partial charge < -0.3 is 40.9 Å². The molecule has 9 nitrogen and oxygen atoms in total. The van der Waals surface area contributed by atoms with E-state index in [-0.39, 0.29) is 27.9 Å². The largest absolute Gasteiger partial charge is 0.504 e. The number of hydrogen-bond acceptors (Lipinski definition) is 9. The Bertz CT molecular complexity index is 2220. The van der Waals surface area contributed by atoms with E-state index in [9.17, 15) is 40.9 Å². The van der Waals surface area contributed by atoms with Crippen molar-refractivity contribution in [3.63, 3.8) is 0 Å². The maximum atomic E-state index is 11.5. The normalized spacial score (nSPS) is 11.0. The van der Waals surface area contributed by atoms with Crippen molar-refractivity contribution in [1.82, 2.24) is 0 Å². The summed E-state index contributed by atoms with van der Waals surface area (Å²) in [7, 11) is 0. The lowest BCUT2D eigenvalue weighted by Crippen LogP contribution is -2.12. The third-order valence-corrected chi connectivity index (χ3v) is 8.76. The summed E-state index contributed by atoms with van der Waals surface area (Å²) in [6.45, 7) is 0. The molecule has 0 fully saturated rings. The molecule has 9 heteroatoms. The Kier molecular flexibility index (Phi) is 8.22. The Labute approximate surface area is 292 Å². The highest BCUT2D eigenvalue weighted by Crippen LogP contribution is 2.63. The van der Waals surface area contributed by atoms with Crippen molar-refractivity contribution in [2.45, 2.75) is 0 Å². The maximum absolute atomic E-state index is 11.5. The van der Waals surface area contributed by atoms with Crippen LogP contribution < -0.4 is 4.90 Å². The van der Waals surface area contributed by atoms with E-state index in [1.807, 2.05) is 54.6 Å². The van der Waals surface area contributed by atoms with Gasteiger partial charge in [-0.3, -0.25) is 4.90 Å². The topological polar surface area (TPSA) is 165 Å². The molecule has 0 amide bonds. The number of anilines is 3. The van der Waals surface area contributed by atoms with Crippen LogP contribution in [-0.4, -0.2) is 40.9 Å². The van der Waals surface area contributed by atoms with Crippen molar-refractivity contribution in [3.05, 3.63) is 140 Å². The monoisotopic (exact) mass is 677 g/mol. The Morgan fingerprint density at radius 3 is 0.922 bits per heavy atom. The molecule has 7 aromatic carbocycles. The first-order chi connectivity index (χ1) is 24.7. The van der Waals surface area contributed by atoms with Crippen molar-refractivity contribution in [2.75, 3.05) is 4.90 Å². The molecule has 51 heavy (non-hydrogen) atoms. The summed E-state index contributed by atoms with van der Waals surface area (Å²) in [6, 6.07) is 40.2. The summed E-state index contributed by atoms with van der Waals surface area (Å²) in [5, 5.41) is 91.3. The lowest BCUT2D eigenvalue weighted by molar-refractivity contribution is 0.372. The van der Waals surface area contributed by atoms with E-state index in [0.29, 0.717) is 0 Å². The molecule has 0 saturated carbocycles. The van der Waals surface area contributed by atoms with Crippen LogP contribution in [0, 0.1) is 0 Å². The molecule has 7 aromatic rings. The first-order valence-corrected chi connectivity index (χ1v) is 15.8. The zero-order valence-corrected chi connectivity index (χ0v) is 26.8. The predicted molar refractivity (Wildman–Crippen MR) is 196 cm³/mol. The first-order valence-electron chi connectivity index (χ1n) is 15.8. The zero-order valence-electron chi connectivity index (χ0n) is 26.8. The second-order valence-corrected chi connectivity index (χ2v) is 11.8. The first kappa shape index (κ1) is 32.3. The fourth-order valence-electron chi connectivity index (χ4n) is 6.32. The van der Waals surface area contributed by atoms with E-state index in [0.717, 1.165) is 27.2 Å². The van der Waals surface area contributed by atoms with Gasteiger partial charge in [0.1, 0.15) is 11.4 Å². The van der Waals surface area contributed by atoms with Crippen LogP contribution in [0.25, 0.3) is 44.5 Å². The van der Waals surface area contributed by atoms with Gasteiger partial charge in [0, 0.05) is 5.69 Å². The van der Waals surface area contributed by atoms with Gasteiger partial charge in [-0.1, -0.05) is 127 Å². The van der Waals surface area contributed by atoms with Crippen LogP contribution in [0.2, 0.25) is 0 Å². The molecule has 0 saturated heterocycles. The van der Waals surface area contributed by atoms with Crippen LogP contribution in [0.5, 0.6) is 46.0 Å². The second-order valence-electron chi connectivity index (χ2n) is 11.8. The van der Waals surface area contributed by atoms with Crippen LogP contribution in [0.15, 0.2) is 140 Å². The molecule has 252 valence electrons. The summed E-state index contributed by atoms with van der Waals surface area (Å²) in [5.41, 5.74) is 2.29. The molecule has 0 heterocycles. The molecule has 7 rings (SSSR count). The average molecular weight is 678 g/mol. The Hall–Kier alpha value is -7.26. The third-order valence-electron chi connectivity index (χ3n) is 8.76. The molecule has 0 spiro atoms. The third kappa shape index (κ3) is 5.48. The Morgan fingerprint density at radius 1 is 0.275 bits per heavy atom. The predicted octanol–water partition coefficient (Wildman–Crippen LogP) is 9.47. The smallest absolute Gasteiger partial charge is 0.186 e. The van der Waals surface area contributed by atoms with Crippen molar-refractivity contribution in [2.24, 2.45) is 0 Å². The van der Waals surface area contributed by atoms with Crippen LogP contribution >= 0.6 is 0 Å². The number of aromatic hydroxyl groups is 8. The highest BCUT2D eigenvalue weighted by atomic mass is 16.3. The minimum Gasteiger partial charge on any atom is -0.504 e. The summed E-state index contributed by atoms with van der Waals surface area (Å²) < 4.78 is 0. The molecule has 0 radical (unpaired) electrons. The van der Waals surface area contributed by atoms with Crippen molar-refractivity contribution < 1.29 is 40.9 Å². The van der Waals surface area contributed by atoms with Gasteiger partial charge >= 0.3 is 0 Å². The minimum atomic E-state index is -0.937. The molecule has 0 aliphatic heterocycles. The van der Waals surface area contributed by atoms with Crippen LogP contribution in [-0.2, 0) is 0 Å². The minimum absolute atomic E-state index is 0.0738. The molecular formula is C42H31NO8. The average Bonchev–Trinajstić information content (AvgIpc) is 3.17. The highest BCUT2D eigenvalue weighted by molar-refractivity contribution is 6.00. The summed E-state index contributed by atoms with van der Waals surface area (Å²) in [5.74, 6) is -7.03. The molecule has 8 N–H and O–H groups in total. The lowest BCUT2D eigenvalue weighted by Gasteiger charge is -2.30. The molecule has 0 aromatic heterocycles. The van der Waals surface area contributed by atoms with Crippen molar-refractivity contribution >= 4 is 17.1 Å². The molecule has 0 bridgehead atoms. The number of phenols is 8. The standard InChI is InChI=1S/C42H31NO8/c44-35-31(26-14-6-2-7-15-26)36(45)40(49)33(39(35)48)43(34-41(50)37(46)32(38(47)42(34)51)27-16-8-3-9-17-27)28-22-20-25(21-23-28)30-19-11-10-18-29(30)24-12-4-1-5-13-24/h1-23,44-51H. The number of hydrogen-bond donors (Lipinski definition) is 8. The van der Waals surface area contributed by atoms with Crippen molar-refractivity contribution in [1.29, 1.82) is 0 Å². The summed E-state index contributed by atoms with van der Waals surface area (Å²) >= 11 is 0. The zero-order chi connectivity index (χ0) is 35.8. The molecule has 0 aliphatic rings. The lowest BCUT2D eigenvalue weighted by atomic mass is 9.94. The number of phenolic OH excluding ortho intramolecular Hbond substituents is 8. The molecule has 0 atom stereocenters. The quantitative estimate of drug-likeness (QED) is 0.0606. The maximum Gasteiger partial charge on any atom is 0.186 e. The Balaban J connectivity index is 1.47. The van der Waals surface area contributed by atoms with Gasteiger partial charge in [0.25, 0.3) is 0 Å². The van der Waals surface area contributed by atoms with E-state index in [1.54, 1.807) is 84.9 Å². The van der Waals surface area contributed by atoms with Gasteiger partial charge in [-0.15, -0.1) is 0 Å². The van der Waals surface area contributed by atoms with E-state index < -0.39 is 57.4 Å². The van der Waals surface area contributed by atoms with E-state index >= 15 is 0 Å². The number of rotatable bonds is 7. The molecule has 0 aliphatic carbocycles. The fourth-order valence-corrected chi connectivity index (χ4v) is 6.32. The van der Waals surface area contributed by atoms with E-state index in [2.05, 4.69) is 0 Å². The van der Waals surface area contributed by atoms with Gasteiger partial charge in [-0.25, -0.2) is 0 Å². The summed E-state index contributed by atoms with van der Waals surface area (Å²) in [6.07, 6.45) is 0. The van der Waals surface area contributed by atoms with Gasteiger partial charge in [0.2, 0.25) is 0 Å². The summed E-state index contributed by atoms with van der Waals surface area (Å²) in [4.78, 5) is 0.921. The second kappa shape index (κ2) is 13.0. The Morgan fingerprint density at radius 2 is 0.569 bits per heavy atom. The van der Waals surface area contributed by atoms with Crippen LogP contribution in [0.3, 0.4) is 0 Å². The van der Waals surface area contributed by atoms with Gasteiger partial charge in [-0.05, 0) is 45.5 Å². The number of benzene rings is 7. The van der Waals surface area contributed by atoms with Gasteiger partial charge in [-0.2, -0.15) is 0 Å². The fraction of sp³-hybridized carbons (Fsp3) is 0. The van der Waals surface area contributed by atoms with Gasteiger partial charge in [0.05, 0.1) is 11.1 Å².